The molecule has 1 radical (unpaired) electrons. The third kappa shape index (κ3) is 123. The van der Waals surface area contributed by atoms with E-state index in [0.29, 0.717) is 0 Å². The Kier molecular flexibility index (Phi) is 16400. The second kappa shape index (κ2) is 239. The van der Waals surface area contributed by atoms with Crippen LogP contribution in [0.4, 0.5) is 0 Å². The first-order valence-electron chi connectivity index (χ1n) is 0. The van der Waals surface area contributed by atoms with Crippen molar-refractivity contribution in [2.45, 2.75) is 0 Å². The van der Waals surface area contributed by atoms with Crippen LogP contribution in [0.1, 0.15) is 0 Å². The first-order chi connectivity index (χ1) is 0. The minimum Gasteiger partial charge on any atom is -1.00 e. The van der Waals surface area contributed by atoms with Crippen molar-refractivity contribution in [3.63, 3.8) is 0 Å². The number of hydrogen-bond donors (Lipinski definition) is 0. The molecule has 0 aromatic rings. The number of halogens is 4. The molecule has 0 aromatic carbocycles. The van der Waals surface area contributed by atoms with Crippen molar-refractivity contribution in [1.82, 2.24) is 0 Å². The fraction of sp³-hybridized carbons (Fsp3) is 0. The van der Waals surface area contributed by atoms with Gasteiger partial charge in [-0.25, -0.2) is 0 Å². The van der Waals surface area contributed by atoms with E-state index >= 15 is 0 Å². The Balaban J connectivity index is 0. The van der Waals surface area contributed by atoms with Gasteiger partial charge in [-0.2, -0.15) is 0 Å². The van der Waals surface area contributed by atoms with Gasteiger partial charge >= 0.3 is 33.6 Å². The van der Waals surface area contributed by atoms with Gasteiger partial charge in [-0.1, -0.05) is 0 Å². The SMILES string of the molecule is [F-].[F-].[F-].[F-].[Mn+2].[Ni+2]. The van der Waals surface area contributed by atoms with E-state index < -0.39 is 0 Å². The van der Waals surface area contributed by atoms with Crippen LogP contribution in [-0.2, 0) is 33.6 Å². The molecule has 0 aliphatic rings. The molecule has 0 saturated carbocycles. The average Bonchev–Trinajstić information content (AvgIpc) is 0. The monoisotopic (exact) mass is 189 g/mol. The minimum atomic E-state index is 0. The molecule has 0 spiro atoms. The molecule has 0 aliphatic heterocycles. The Labute approximate surface area is 52.9 Å². The smallest absolute Gasteiger partial charge is 1.00 e. The maximum absolute atomic E-state index is 0. The summed E-state index contributed by atoms with van der Waals surface area (Å²) in [6.07, 6.45) is 0. The summed E-state index contributed by atoms with van der Waals surface area (Å²) in [6.45, 7) is 0. The quantitative estimate of drug-likeness (QED) is 0.262. The normalized spacial score (nSPS) is 0. The van der Waals surface area contributed by atoms with Gasteiger partial charge in [0.25, 0.3) is 0 Å². The topological polar surface area (TPSA) is 0 Å². The standard InChI is InChI=1S/4FH.Mn.Ni/h4*1H;;/q;;;;2*+2/p-4. The van der Waals surface area contributed by atoms with E-state index in [9.17, 15) is 0 Å². The Hall–Kier alpha value is 0.733. The molecule has 0 atom stereocenters. The summed E-state index contributed by atoms with van der Waals surface area (Å²) in [7, 11) is 0. The third-order valence-corrected chi connectivity index (χ3v) is 0. The zero-order chi connectivity index (χ0) is 0. The number of rotatable bonds is 0. The first-order valence-corrected chi connectivity index (χ1v) is 0. The molecule has 0 rings (SSSR count). The zero-order valence-electron chi connectivity index (χ0n) is 2.21. The first kappa shape index (κ1) is 412. The molecule has 6 heavy (non-hydrogen) atoms. The summed E-state index contributed by atoms with van der Waals surface area (Å²) < 4.78 is 0. The van der Waals surface area contributed by atoms with E-state index in [1.54, 1.807) is 0 Å². The second-order valence-electron chi connectivity index (χ2n) is 0. The predicted molar refractivity (Wildman–Crippen MR) is 0 cm³/mol. The van der Waals surface area contributed by atoms with Crippen LogP contribution in [-0.4, -0.2) is 0 Å². The number of hydrogen-bond acceptors (Lipinski definition) is 0. The van der Waals surface area contributed by atoms with Crippen molar-refractivity contribution in [2.24, 2.45) is 0 Å². The summed E-state index contributed by atoms with van der Waals surface area (Å²) >= 11 is 0. The van der Waals surface area contributed by atoms with Gasteiger partial charge in [0, 0.05) is 0 Å². The molecule has 0 fully saturated rings. The van der Waals surface area contributed by atoms with Crippen molar-refractivity contribution in [3.05, 3.63) is 0 Å². The molecule has 0 unspecified atom stereocenters. The van der Waals surface area contributed by atoms with Crippen LogP contribution in [0, 0.1) is 0 Å². The molecular formula is F4MnNi. The fourth-order valence-electron chi connectivity index (χ4n) is 0. The van der Waals surface area contributed by atoms with Gasteiger partial charge in [-0.05, 0) is 0 Å². The van der Waals surface area contributed by atoms with Gasteiger partial charge in [-0.15, -0.1) is 0 Å². The van der Waals surface area contributed by atoms with Gasteiger partial charge in [-0.3, -0.25) is 0 Å². The predicted octanol–water partition coefficient (Wildman–Crippen LogP) is -12.0. The van der Waals surface area contributed by atoms with Gasteiger partial charge in [0.1, 0.15) is 0 Å². The van der Waals surface area contributed by atoms with E-state index in [0.717, 1.165) is 0 Å². The van der Waals surface area contributed by atoms with Crippen LogP contribution in [0.2, 0.25) is 0 Å². The molecular weight excluding hydrogens is 190 g/mol. The van der Waals surface area contributed by atoms with E-state index in [4.69, 9.17) is 0 Å². The molecule has 0 bridgehead atoms. The summed E-state index contributed by atoms with van der Waals surface area (Å²) in [5.41, 5.74) is 0. The Morgan fingerprint density at radius 2 is 0.500 bits per heavy atom. The van der Waals surface area contributed by atoms with Gasteiger partial charge in [0.2, 0.25) is 0 Å². The van der Waals surface area contributed by atoms with Gasteiger partial charge in [0.15, 0.2) is 0 Å². The van der Waals surface area contributed by atoms with Crippen molar-refractivity contribution in [3.8, 4) is 0 Å². The molecule has 0 amide bonds. The molecule has 0 N–H and O–H groups in total. The minimum absolute atomic E-state index is 0. The van der Waals surface area contributed by atoms with Gasteiger partial charge < -0.3 is 18.8 Å². The largest absolute Gasteiger partial charge is 2.00 e. The van der Waals surface area contributed by atoms with E-state index in [-0.39, 0.29) is 52.4 Å². The maximum Gasteiger partial charge on any atom is 2.00 e. The van der Waals surface area contributed by atoms with Crippen LogP contribution in [0.3, 0.4) is 0 Å². The van der Waals surface area contributed by atoms with Crippen molar-refractivity contribution in [1.29, 1.82) is 0 Å². The average molecular weight is 190 g/mol. The molecule has 0 nitrogen and oxygen atoms in total. The summed E-state index contributed by atoms with van der Waals surface area (Å²) in [4.78, 5) is 0. The maximum atomic E-state index is 0. The molecule has 6 heteroatoms. The van der Waals surface area contributed by atoms with Crippen LogP contribution in [0.5, 0.6) is 0 Å². The third-order valence-electron chi connectivity index (χ3n) is 0. The Morgan fingerprint density at radius 3 is 0.500 bits per heavy atom. The summed E-state index contributed by atoms with van der Waals surface area (Å²) in [6, 6.07) is 0. The van der Waals surface area contributed by atoms with Crippen molar-refractivity contribution < 1.29 is 52.4 Å². The Bertz CT molecular complexity index is 7.51. The van der Waals surface area contributed by atoms with Crippen molar-refractivity contribution >= 4 is 0 Å². The second-order valence-corrected chi connectivity index (χ2v) is 0. The van der Waals surface area contributed by atoms with E-state index in [2.05, 4.69) is 0 Å². The van der Waals surface area contributed by atoms with E-state index in [1.807, 2.05) is 0 Å². The molecule has 45 valence electrons. The molecule has 0 aromatic heterocycles. The molecule has 0 aliphatic carbocycles. The fourth-order valence-corrected chi connectivity index (χ4v) is 0. The van der Waals surface area contributed by atoms with Crippen LogP contribution in [0.25, 0.3) is 0 Å². The Morgan fingerprint density at radius 1 is 0.500 bits per heavy atom. The summed E-state index contributed by atoms with van der Waals surface area (Å²) in [5, 5.41) is 0. The van der Waals surface area contributed by atoms with Crippen molar-refractivity contribution in [2.75, 3.05) is 0 Å². The van der Waals surface area contributed by atoms with Crippen LogP contribution < -0.4 is 18.8 Å². The van der Waals surface area contributed by atoms with Crippen LogP contribution >= 0.6 is 0 Å². The van der Waals surface area contributed by atoms with E-state index in [1.165, 1.54) is 0 Å². The van der Waals surface area contributed by atoms with Crippen LogP contribution in [0.15, 0.2) is 0 Å². The summed E-state index contributed by atoms with van der Waals surface area (Å²) in [5.74, 6) is 0. The zero-order valence-corrected chi connectivity index (χ0v) is 4.37. The molecule has 0 saturated heterocycles. The molecule has 0 heterocycles. The van der Waals surface area contributed by atoms with Gasteiger partial charge in [0.05, 0.1) is 0 Å².